The third-order valence-electron chi connectivity index (χ3n) is 3.73. The van der Waals surface area contributed by atoms with Crippen LogP contribution in [-0.2, 0) is 34.6 Å². The van der Waals surface area contributed by atoms with Crippen molar-refractivity contribution in [3.63, 3.8) is 0 Å². The van der Waals surface area contributed by atoms with E-state index < -0.39 is 52.5 Å². The molecule has 6 atom stereocenters. The molecule has 10 heteroatoms. The van der Waals surface area contributed by atoms with Crippen molar-refractivity contribution in [3.8, 4) is 0 Å². The molecule has 1 aromatic carbocycles. The van der Waals surface area contributed by atoms with Gasteiger partial charge < -0.3 is 14.2 Å². The van der Waals surface area contributed by atoms with Crippen LogP contribution in [0, 0.1) is 0 Å². The number of benzene rings is 1. The molecule has 0 bridgehead atoms. The Morgan fingerprint density at radius 1 is 1.15 bits per heavy atom. The van der Waals surface area contributed by atoms with Crippen molar-refractivity contribution in [1.82, 2.24) is 0 Å². The molecule has 0 aromatic heterocycles. The molecule has 9 nitrogen and oxygen atoms in total. The van der Waals surface area contributed by atoms with Crippen molar-refractivity contribution in [2.75, 3.05) is 0 Å². The second-order valence-corrected chi connectivity index (χ2v) is 7.19. The van der Waals surface area contributed by atoms with Gasteiger partial charge >= 0.3 is 11.9 Å². The molecular weight excluding hydrogens is 362 g/mol. The Labute approximate surface area is 152 Å². The molecule has 2 rings (SSSR count). The summed E-state index contributed by atoms with van der Waals surface area (Å²) in [5.74, 6) is -1.26. The topological polar surface area (TPSA) is 128 Å². The minimum absolute atomic E-state index is 0.468. The molecule has 1 aliphatic heterocycles. The molecule has 140 valence electrons. The van der Waals surface area contributed by atoms with Crippen LogP contribution >= 0.6 is 0 Å². The molecular formula is C16H19N3O6S. The van der Waals surface area contributed by atoms with Gasteiger partial charge in [0.1, 0.15) is 11.5 Å². The lowest BCUT2D eigenvalue weighted by Crippen LogP contribution is -2.59. The van der Waals surface area contributed by atoms with Crippen molar-refractivity contribution in [2.45, 2.75) is 55.5 Å². The van der Waals surface area contributed by atoms with E-state index in [4.69, 9.17) is 19.7 Å². The van der Waals surface area contributed by atoms with Crippen LogP contribution in [-0.4, -0.2) is 45.9 Å². The fourth-order valence-corrected chi connectivity index (χ4v) is 4.15. The summed E-state index contributed by atoms with van der Waals surface area (Å²) in [6, 6.07) is 7.37. The van der Waals surface area contributed by atoms with Crippen LogP contribution in [0.2, 0.25) is 0 Å². The Bertz CT molecular complexity index is 737. The van der Waals surface area contributed by atoms with Crippen LogP contribution in [0.1, 0.15) is 20.8 Å². The molecule has 0 amide bonds. The summed E-state index contributed by atoms with van der Waals surface area (Å²) in [5.41, 5.74) is 7.86. The second kappa shape index (κ2) is 8.79. The summed E-state index contributed by atoms with van der Waals surface area (Å²) in [6.07, 6.45) is -2.84. The van der Waals surface area contributed by atoms with Crippen LogP contribution in [0.5, 0.6) is 0 Å². The summed E-state index contributed by atoms with van der Waals surface area (Å²) in [7, 11) is -1.70. The zero-order valence-corrected chi connectivity index (χ0v) is 15.3. The largest absolute Gasteiger partial charge is 0.458 e. The van der Waals surface area contributed by atoms with E-state index in [1.54, 1.807) is 37.3 Å². The maximum Gasteiger partial charge on any atom is 0.303 e. The van der Waals surface area contributed by atoms with Crippen molar-refractivity contribution in [3.05, 3.63) is 40.8 Å². The lowest BCUT2D eigenvalue weighted by molar-refractivity contribution is -0.198. The molecule has 26 heavy (non-hydrogen) atoms. The van der Waals surface area contributed by atoms with Crippen molar-refractivity contribution < 1.29 is 28.0 Å². The summed E-state index contributed by atoms with van der Waals surface area (Å²) in [4.78, 5) is 26.2. The summed E-state index contributed by atoms with van der Waals surface area (Å²) < 4.78 is 29.2. The van der Waals surface area contributed by atoms with Gasteiger partial charge in [-0.05, 0) is 24.6 Å². The van der Waals surface area contributed by atoms with E-state index in [1.807, 2.05) is 0 Å². The average molecular weight is 381 g/mol. The Hall–Kier alpha value is -2.42. The molecule has 0 saturated carbocycles. The van der Waals surface area contributed by atoms with E-state index in [-0.39, 0.29) is 0 Å². The van der Waals surface area contributed by atoms with Gasteiger partial charge in [-0.2, -0.15) is 0 Å². The number of carbonyl (C=O) groups is 2. The van der Waals surface area contributed by atoms with Gasteiger partial charge in [0.2, 0.25) is 0 Å². The molecule has 1 heterocycles. The lowest BCUT2D eigenvalue weighted by atomic mass is 9.98. The number of esters is 2. The van der Waals surface area contributed by atoms with Gasteiger partial charge in [-0.15, -0.1) is 0 Å². The molecule has 1 saturated heterocycles. The lowest BCUT2D eigenvalue weighted by Gasteiger charge is -2.42. The molecule has 0 spiro atoms. The van der Waals surface area contributed by atoms with Crippen LogP contribution in [0.3, 0.4) is 0 Å². The Kier molecular flexibility index (Phi) is 6.73. The van der Waals surface area contributed by atoms with E-state index in [2.05, 4.69) is 10.0 Å². The van der Waals surface area contributed by atoms with Gasteiger partial charge in [-0.3, -0.25) is 13.8 Å². The van der Waals surface area contributed by atoms with Gasteiger partial charge in [0, 0.05) is 23.7 Å². The summed E-state index contributed by atoms with van der Waals surface area (Å²) in [6.45, 7) is 3.99. The fraction of sp³-hybridized carbons (Fsp3) is 0.500. The highest BCUT2D eigenvalue weighted by molar-refractivity contribution is 7.85. The molecule has 1 aliphatic rings. The quantitative estimate of drug-likeness (QED) is 0.332. The van der Waals surface area contributed by atoms with Crippen molar-refractivity contribution in [1.29, 1.82) is 0 Å². The molecule has 0 radical (unpaired) electrons. The third-order valence-corrected chi connectivity index (χ3v) is 5.27. The first-order valence-corrected chi connectivity index (χ1v) is 9.06. The highest BCUT2D eigenvalue weighted by Crippen LogP contribution is 2.32. The zero-order valence-electron chi connectivity index (χ0n) is 14.5. The highest BCUT2D eigenvalue weighted by atomic mass is 32.2. The minimum Gasteiger partial charge on any atom is -0.458 e. The predicted molar refractivity (Wildman–Crippen MR) is 91.2 cm³/mol. The third kappa shape index (κ3) is 4.60. The number of hydrogen-bond donors (Lipinski definition) is 0. The fourth-order valence-electron chi connectivity index (χ4n) is 2.71. The number of hydrogen-bond acceptors (Lipinski definition) is 7. The monoisotopic (exact) mass is 381 g/mol. The van der Waals surface area contributed by atoms with E-state index in [9.17, 15) is 13.8 Å². The van der Waals surface area contributed by atoms with Gasteiger partial charge in [0.05, 0.1) is 16.9 Å². The first kappa shape index (κ1) is 19.9. The highest BCUT2D eigenvalue weighted by Gasteiger charge is 2.50. The van der Waals surface area contributed by atoms with Gasteiger partial charge in [0.25, 0.3) is 0 Å². The maximum absolute atomic E-state index is 12.9. The van der Waals surface area contributed by atoms with E-state index in [0.717, 1.165) is 0 Å². The number of ether oxygens (including phenoxy) is 3. The molecule has 0 N–H and O–H groups in total. The number of azide groups is 1. The molecule has 1 fully saturated rings. The molecule has 1 aromatic rings. The Balaban J connectivity index is 2.43. The van der Waals surface area contributed by atoms with E-state index in [0.29, 0.717) is 4.90 Å². The molecule has 0 aliphatic carbocycles. The SMILES string of the molecule is CC(=O)O[C@@H]1[C@H](OC(C)=O)[C@H](C)OC(S(=O)c2ccccc2)[C@H]1N=[N+]=[N-]. The predicted octanol–water partition coefficient (Wildman–Crippen LogP) is 2.08. The normalized spacial score (nSPS) is 29.1. The Morgan fingerprint density at radius 3 is 2.27 bits per heavy atom. The van der Waals surface area contributed by atoms with Gasteiger partial charge in [-0.1, -0.05) is 23.3 Å². The smallest absolute Gasteiger partial charge is 0.303 e. The minimum atomic E-state index is -1.70. The van der Waals surface area contributed by atoms with Crippen LogP contribution in [0.15, 0.2) is 40.3 Å². The standard InChI is InChI=1S/C16H19N3O6S/c1-9-14(24-10(2)20)15(25-11(3)21)13(18-19-17)16(23-9)26(22)12-7-5-4-6-8-12/h4-9,13-16H,1-3H3/t9-,13-,14+,15-,16?,26?/m0/s1. The Morgan fingerprint density at radius 2 is 1.73 bits per heavy atom. The second-order valence-electron chi connectivity index (χ2n) is 5.66. The zero-order chi connectivity index (χ0) is 19.3. The number of rotatable bonds is 5. The van der Waals surface area contributed by atoms with E-state index in [1.165, 1.54) is 13.8 Å². The summed E-state index contributed by atoms with van der Waals surface area (Å²) in [5, 5.41) is 3.63. The van der Waals surface area contributed by atoms with Gasteiger partial charge in [0.15, 0.2) is 12.2 Å². The van der Waals surface area contributed by atoms with Gasteiger partial charge in [-0.25, -0.2) is 0 Å². The number of nitrogens with zero attached hydrogens (tertiary/aromatic N) is 3. The van der Waals surface area contributed by atoms with Crippen molar-refractivity contribution >= 4 is 22.7 Å². The number of carbonyl (C=O) groups excluding carboxylic acids is 2. The molecule has 2 unspecified atom stereocenters. The van der Waals surface area contributed by atoms with E-state index >= 15 is 0 Å². The first-order chi connectivity index (χ1) is 12.3. The van der Waals surface area contributed by atoms with Crippen LogP contribution in [0.4, 0.5) is 0 Å². The summed E-state index contributed by atoms with van der Waals surface area (Å²) >= 11 is 0. The van der Waals surface area contributed by atoms with Crippen LogP contribution in [0.25, 0.3) is 10.4 Å². The van der Waals surface area contributed by atoms with Crippen LogP contribution < -0.4 is 0 Å². The maximum atomic E-state index is 12.9. The average Bonchev–Trinajstić information content (AvgIpc) is 2.59. The first-order valence-electron chi connectivity index (χ1n) is 7.85. The van der Waals surface area contributed by atoms with Crippen molar-refractivity contribution in [2.24, 2.45) is 5.11 Å².